The monoisotopic (exact) mass is 459 g/mol. The van der Waals surface area contributed by atoms with Crippen molar-refractivity contribution >= 4 is 34.7 Å². The number of nitrogens with zero attached hydrogens (tertiary/aromatic N) is 2. The Labute approximate surface area is 186 Å². The maximum atomic E-state index is 12.3. The van der Waals surface area contributed by atoms with Gasteiger partial charge in [0.25, 0.3) is 5.91 Å². The lowest BCUT2D eigenvalue weighted by Gasteiger charge is -2.17. The zero-order valence-corrected chi connectivity index (χ0v) is 18.8. The Morgan fingerprint density at radius 2 is 2.06 bits per heavy atom. The van der Waals surface area contributed by atoms with Crippen molar-refractivity contribution in [2.24, 2.45) is 0 Å². The van der Waals surface area contributed by atoms with Crippen LogP contribution in [0.25, 0.3) is 10.4 Å². The van der Waals surface area contributed by atoms with Crippen molar-refractivity contribution < 1.29 is 24.5 Å². The summed E-state index contributed by atoms with van der Waals surface area (Å²) in [7, 11) is 0. The van der Waals surface area contributed by atoms with Gasteiger partial charge in [-0.3, -0.25) is 4.79 Å². The molecule has 0 atom stereocenters. The number of carboxylic acid groups (broad SMARTS) is 1. The van der Waals surface area contributed by atoms with E-state index in [2.05, 4.69) is 14.7 Å². The van der Waals surface area contributed by atoms with E-state index in [4.69, 9.17) is 4.74 Å². The summed E-state index contributed by atoms with van der Waals surface area (Å²) in [6.45, 7) is 5.02. The predicted octanol–water partition coefficient (Wildman–Crippen LogP) is 3.66. The largest absolute Gasteiger partial charge is 0.477 e. The maximum Gasteiger partial charge on any atom is 0.346 e. The zero-order valence-electron chi connectivity index (χ0n) is 17.2. The molecular weight excluding hydrogens is 438 g/mol. The topological polar surface area (TPSA) is 122 Å². The highest BCUT2D eigenvalue weighted by molar-refractivity contribution is 7.17. The van der Waals surface area contributed by atoms with Gasteiger partial charge in [-0.2, -0.15) is 0 Å². The number of fused-ring (bicyclic) bond motifs is 3. The fraction of sp³-hybridized carbons (Fsp3) is 0.333. The average molecular weight is 460 g/mol. The molecule has 10 heteroatoms. The van der Waals surface area contributed by atoms with Crippen molar-refractivity contribution in [1.82, 2.24) is 14.7 Å². The molecule has 0 fully saturated rings. The third kappa shape index (κ3) is 4.32. The fourth-order valence-corrected chi connectivity index (χ4v) is 5.32. The molecule has 3 heterocycles. The number of aromatic carboxylic acids is 1. The highest BCUT2D eigenvalue weighted by atomic mass is 32.1. The van der Waals surface area contributed by atoms with E-state index in [9.17, 15) is 19.8 Å². The van der Waals surface area contributed by atoms with E-state index in [1.165, 1.54) is 11.5 Å². The Morgan fingerprint density at radius 1 is 1.29 bits per heavy atom. The van der Waals surface area contributed by atoms with E-state index in [1.807, 2.05) is 6.20 Å². The molecule has 0 saturated carbocycles. The molecule has 0 radical (unpaired) electrons. The number of carbonyl (C=O) groups excluding carboxylic acids is 1. The van der Waals surface area contributed by atoms with Crippen molar-refractivity contribution in [2.75, 3.05) is 6.54 Å². The molecular formula is C21H21N3O5S2. The molecule has 3 aromatic heterocycles. The SMILES string of the molecule is Cc1nc(C(=O)NCC(C)(C)O)ccc1Oc1sc(C(=O)O)c2c1-c1sncc1CC2. The van der Waals surface area contributed by atoms with E-state index in [1.54, 1.807) is 32.9 Å². The summed E-state index contributed by atoms with van der Waals surface area (Å²) in [5.74, 6) is -0.929. The second-order valence-corrected chi connectivity index (χ2v) is 9.72. The molecule has 3 aromatic rings. The van der Waals surface area contributed by atoms with Crippen LogP contribution in [-0.2, 0) is 12.8 Å². The van der Waals surface area contributed by atoms with Gasteiger partial charge in [0.2, 0.25) is 0 Å². The quantitative estimate of drug-likeness (QED) is 0.514. The second kappa shape index (κ2) is 8.03. The van der Waals surface area contributed by atoms with Gasteiger partial charge in [-0.25, -0.2) is 14.2 Å². The number of carboxylic acids is 1. The van der Waals surface area contributed by atoms with Crippen LogP contribution in [0.1, 0.15) is 50.8 Å². The summed E-state index contributed by atoms with van der Waals surface area (Å²) < 4.78 is 10.4. The molecule has 0 unspecified atom stereocenters. The third-order valence-electron chi connectivity index (χ3n) is 4.84. The van der Waals surface area contributed by atoms with E-state index in [-0.39, 0.29) is 17.1 Å². The fourth-order valence-electron chi connectivity index (χ4n) is 3.33. The van der Waals surface area contributed by atoms with Crippen molar-refractivity contribution in [3.8, 4) is 21.3 Å². The van der Waals surface area contributed by atoms with Crippen molar-refractivity contribution in [2.45, 2.75) is 39.2 Å². The molecule has 1 amide bonds. The van der Waals surface area contributed by atoms with Crippen LogP contribution in [-0.4, -0.2) is 43.6 Å². The summed E-state index contributed by atoms with van der Waals surface area (Å²) in [6, 6.07) is 3.18. The molecule has 0 aromatic carbocycles. The Kier molecular flexibility index (Phi) is 5.54. The first-order valence-corrected chi connectivity index (χ1v) is 11.2. The Bertz CT molecular complexity index is 1180. The summed E-state index contributed by atoms with van der Waals surface area (Å²) >= 11 is 2.43. The number of nitrogens with one attached hydrogen (secondary N) is 1. The minimum Gasteiger partial charge on any atom is -0.477 e. The summed E-state index contributed by atoms with van der Waals surface area (Å²) in [4.78, 5) is 29.6. The number of rotatable bonds is 6. The average Bonchev–Trinajstić information content (AvgIpc) is 3.31. The van der Waals surface area contributed by atoms with Gasteiger partial charge >= 0.3 is 5.97 Å². The van der Waals surface area contributed by atoms with Crippen LogP contribution in [0.2, 0.25) is 0 Å². The van der Waals surface area contributed by atoms with Crippen LogP contribution in [0.4, 0.5) is 0 Å². The van der Waals surface area contributed by atoms with Crippen LogP contribution in [0.3, 0.4) is 0 Å². The van der Waals surface area contributed by atoms with Crippen LogP contribution in [0, 0.1) is 6.92 Å². The molecule has 31 heavy (non-hydrogen) atoms. The number of hydrogen-bond donors (Lipinski definition) is 3. The summed E-state index contributed by atoms with van der Waals surface area (Å²) in [5.41, 5.74) is 2.33. The first-order chi connectivity index (χ1) is 14.6. The van der Waals surface area contributed by atoms with Gasteiger partial charge in [0.1, 0.15) is 16.3 Å². The number of pyridine rings is 1. The number of aryl methyl sites for hydroxylation is 2. The van der Waals surface area contributed by atoms with E-state index >= 15 is 0 Å². The van der Waals surface area contributed by atoms with Crippen molar-refractivity contribution in [3.05, 3.63) is 45.7 Å². The van der Waals surface area contributed by atoms with Gasteiger partial charge in [0.05, 0.1) is 21.7 Å². The molecule has 0 saturated heterocycles. The maximum absolute atomic E-state index is 12.3. The molecule has 0 aliphatic heterocycles. The Balaban J connectivity index is 1.64. The number of carbonyl (C=O) groups is 2. The first-order valence-electron chi connectivity index (χ1n) is 9.63. The minimum absolute atomic E-state index is 0.0985. The summed E-state index contributed by atoms with van der Waals surface area (Å²) in [6.07, 6.45) is 3.20. The van der Waals surface area contributed by atoms with Gasteiger partial charge in [-0.15, -0.1) is 0 Å². The third-order valence-corrected chi connectivity index (χ3v) is 6.80. The lowest BCUT2D eigenvalue weighted by atomic mass is 9.93. The molecule has 0 bridgehead atoms. The summed E-state index contributed by atoms with van der Waals surface area (Å²) in [5, 5.41) is 22.5. The van der Waals surface area contributed by atoms with Gasteiger partial charge < -0.3 is 20.3 Å². The van der Waals surface area contributed by atoms with Gasteiger partial charge in [0.15, 0.2) is 5.06 Å². The molecule has 0 spiro atoms. The van der Waals surface area contributed by atoms with E-state index in [0.717, 1.165) is 39.3 Å². The highest BCUT2D eigenvalue weighted by Crippen LogP contribution is 2.50. The Hall–Kier alpha value is -2.82. The van der Waals surface area contributed by atoms with Crippen molar-refractivity contribution in [3.63, 3.8) is 0 Å². The number of aromatic nitrogens is 2. The first kappa shape index (κ1) is 21.4. The predicted molar refractivity (Wildman–Crippen MR) is 117 cm³/mol. The lowest BCUT2D eigenvalue weighted by Crippen LogP contribution is -2.38. The van der Waals surface area contributed by atoms with Crippen LogP contribution in [0.5, 0.6) is 10.8 Å². The van der Waals surface area contributed by atoms with Crippen LogP contribution >= 0.6 is 22.9 Å². The van der Waals surface area contributed by atoms with Gasteiger partial charge in [0, 0.05) is 12.7 Å². The number of amides is 1. The van der Waals surface area contributed by atoms with Gasteiger partial charge in [-0.05, 0) is 68.4 Å². The lowest BCUT2D eigenvalue weighted by molar-refractivity contribution is 0.0692. The zero-order chi connectivity index (χ0) is 22.3. The normalized spacial score (nSPS) is 12.8. The molecule has 3 N–H and O–H groups in total. The second-order valence-electron chi connectivity index (χ2n) is 7.93. The van der Waals surface area contributed by atoms with E-state index < -0.39 is 17.5 Å². The van der Waals surface area contributed by atoms with Crippen LogP contribution < -0.4 is 10.1 Å². The molecule has 8 nitrogen and oxygen atoms in total. The number of ether oxygens (including phenoxy) is 1. The smallest absolute Gasteiger partial charge is 0.346 e. The highest BCUT2D eigenvalue weighted by Gasteiger charge is 2.31. The molecule has 1 aliphatic carbocycles. The minimum atomic E-state index is -1.02. The van der Waals surface area contributed by atoms with Gasteiger partial charge in [-0.1, -0.05) is 11.3 Å². The Morgan fingerprint density at radius 3 is 2.74 bits per heavy atom. The molecule has 162 valence electrons. The molecule has 1 aliphatic rings. The van der Waals surface area contributed by atoms with Crippen LogP contribution in [0.15, 0.2) is 18.3 Å². The van der Waals surface area contributed by atoms with Crippen molar-refractivity contribution in [1.29, 1.82) is 0 Å². The van der Waals surface area contributed by atoms with E-state index in [0.29, 0.717) is 22.9 Å². The number of aliphatic hydroxyl groups is 1. The standard InChI is InChI=1S/C21H21N3O5S2/c1-10-14(7-6-13(24-10)18(25)22-9-21(2,3)28)29-20-15-12(17(30-20)19(26)27)5-4-11-8-23-31-16(11)15/h6-8,28H,4-5,9H2,1-3H3,(H,22,25)(H,26,27). The number of hydrogen-bond acceptors (Lipinski definition) is 8. The molecule has 4 rings (SSSR count). The number of thiophene rings is 1.